The third kappa shape index (κ3) is 5.69. The monoisotopic (exact) mass is 498 g/mol. The van der Waals surface area contributed by atoms with E-state index in [0.29, 0.717) is 47.3 Å². The topological polar surface area (TPSA) is 79.3 Å². The standard InChI is InChI=1S/C27H31ClN2O5/c1-5-16-35-21-13-10-19(17-22(21)34-4)24-23(25(31)18-8-11-20(28)12-9-18)26(32)27(33)30(24)15-14-29(6-2)7-3/h5,8-13,17,24,31H,1,6-7,14-16H2,2-4H3. The van der Waals surface area contributed by atoms with Gasteiger partial charge in [-0.25, -0.2) is 0 Å². The van der Waals surface area contributed by atoms with Crippen LogP contribution in [0, 0.1) is 0 Å². The zero-order chi connectivity index (χ0) is 25.5. The van der Waals surface area contributed by atoms with Crippen molar-refractivity contribution in [3.05, 3.63) is 76.8 Å². The van der Waals surface area contributed by atoms with Crippen molar-refractivity contribution < 1.29 is 24.2 Å². The highest BCUT2D eigenvalue weighted by Gasteiger charge is 2.46. The molecule has 1 fully saturated rings. The number of aliphatic hydroxyl groups is 1. The number of hydrogen-bond donors (Lipinski definition) is 1. The van der Waals surface area contributed by atoms with Gasteiger partial charge in [0.1, 0.15) is 12.4 Å². The van der Waals surface area contributed by atoms with Crippen molar-refractivity contribution in [3.63, 3.8) is 0 Å². The highest BCUT2D eigenvalue weighted by molar-refractivity contribution is 6.46. The van der Waals surface area contributed by atoms with Crippen LogP contribution in [-0.2, 0) is 9.59 Å². The van der Waals surface area contributed by atoms with Gasteiger partial charge in [0.15, 0.2) is 11.5 Å². The number of Topliss-reactive ketones (excluding diaryl/α,β-unsaturated/α-hetero) is 1. The number of benzene rings is 2. The number of carbonyl (C=O) groups excluding carboxylic acids is 2. The summed E-state index contributed by atoms with van der Waals surface area (Å²) in [7, 11) is 1.52. The molecule has 7 nitrogen and oxygen atoms in total. The number of ketones is 1. The van der Waals surface area contributed by atoms with Crippen molar-refractivity contribution in [2.45, 2.75) is 19.9 Å². The number of methoxy groups -OCH3 is 1. The second kappa shape index (κ2) is 11.9. The summed E-state index contributed by atoms with van der Waals surface area (Å²) in [6.45, 7) is 10.6. The number of likely N-dealkylation sites (N-methyl/N-ethyl adjacent to an activating group) is 1. The Bertz CT molecular complexity index is 1110. The molecule has 0 aromatic heterocycles. The van der Waals surface area contributed by atoms with Gasteiger partial charge in [0.25, 0.3) is 11.7 Å². The minimum atomic E-state index is -0.788. The van der Waals surface area contributed by atoms with Gasteiger partial charge in [-0.2, -0.15) is 0 Å². The summed E-state index contributed by atoms with van der Waals surface area (Å²) in [5, 5.41) is 11.7. The molecule has 1 amide bonds. The Morgan fingerprint density at radius 2 is 1.83 bits per heavy atom. The second-order valence-corrected chi connectivity index (χ2v) is 8.47. The first-order chi connectivity index (χ1) is 16.9. The van der Waals surface area contributed by atoms with E-state index in [4.69, 9.17) is 21.1 Å². The summed E-state index contributed by atoms with van der Waals surface area (Å²) in [6, 6.07) is 10.9. The molecular weight excluding hydrogens is 468 g/mol. The third-order valence-electron chi connectivity index (χ3n) is 6.07. The Kier molecular flexibility index (Phi) is 8.95. The van der Waals surface area contributed by atoms with Crippen LogP contribution in [-0.4, -0.2) is 66.5 Å². The maximum atomic E-state index is 13.2. The molecule has 0 aliphatic carbocycles. The Morgan fingerprint density at radius 3 is 2.43 bits per heavy atom. The molecule has 1 unspecified atom stereocenters. The van der Waals surface area contributed by atoms with E-state index in [2.05, 4.69) is 11.5 Å². The fourth-order valence-corrected chi connectivity index (χ4v) is 4.26. The van der Waals surface area contributed by atoms with E-state index in [0.717, 1.165) is 13.1 Å². The van der Waals surface area contributed by atoms with Crippen LogP contribution < -0.4 is 9.47 Å². The van der Waals surface area contributed by atoms with Crippen LogP contribution in [0.25, 0.3) is 5.76 Å². The molecule has 35 heavy (non-hydrogen) atoms. The van der Waals surface area contributed by atoms with Crippen molar-refractivity contribution >= 4 is 29.1 Å². The molecule has 1 atom stereocenters. The van der Waals surface area contributed by atoms with Gasteiger partial charge in [-0.1, -0.05) is 44.2 Å². The molecular formula is C27H31ClN2O5. The molecule has 1 aliphatic heterocycles. The van der Waals surface area contributed by atoms with Crippen molar-refractivity contribution in [1.82, 2.24) is 9.80 Å². The number of rotatable bonds is 11. The molecule has 1 aliphatic rings. The van der Waals surface area contributed by atoms with Crippen molar-refractivity contribution in [1.29, 1.82) is 0 Å². The summed E-state index contributed by atoms with van der Waals surface area (Å²) in [6.07, 6.45) is 1.63. The highest BCUT2D eigenvalue weighted by atomic mass is 35.5. The number of likely N-dealkylation sites (tertiary alicyclic amines) is 1. The van der Waals surface area contributed by atoms with Gasteiger partial charge in [0, 0.05) is 23.7 Å². The molecule has 186 valence electrons. The van der Waals surface area contributed by atoms with E-state index in [1.54, 1.807) is 48.5 Å². The van der Waals surface area contributed by atoms with Gasteiger partial charge in [-0.15, -0.1) is 0 Å². The minimum absolute atomic E-state index is 0.0266. The molecule has 2 aromatic rings. The highest BCUT2D eigenvalue weighted by Crippen LogP contribution is 2.42. The summed E-state index contributed by atoms with van der Waals surface area (Å²) in [5.41, 5.74) is 1.06. The molecule has 8 heteroatoms. The van der Waals surface area contributed by atoms with Crippen LogP contribution in [0.3, 0.4) is 0 Å². The number of halogens is 1. The maximum Gasteiger partial charge on any atom is 0.295 e. The van der Waals surface area contributed by atoms with E-state index < -0.39 is 17.7 Å². The van der Waals surface area contributed by atoms with E-state index in [1.165, 1.54) is 12.0 Å². The van der Waals surface area contributed by atoms with Crippen molar-refractivity contribution in [3.8, 4) is 11.5 Å². The summed E-state index contributed by atoms with van der Waals surface area (Å²) in [4.78, 5) is 30.1. The SMILES string of the molecule is C=CCOc1ccc(C2C(=C(O)c3ccc(Cl)cc3)C(=O)C(=O)N2CCN(CC)CC)cc1OC. The van der Waals surface area contributed by atoms with E-state index in [1.807, 2.05) is 13.8 Å². The smallest absolute Gasteiger partial charge is 0.295 e. The molecule has 1 saturated heterocycles. The van der Waals surface area contributed by atoms with Crippen LogP contribution in [0.5, 0.6) is 11.5 Å². The average molecular weight is 499 g/mol. The quantitative estimate of drug-likeness (QED) is 0.210. The predicted molar refractivity (Wildman–Crippen MR) is 137 cm³/mol. The van der Waals surface area contributed by atoms with Crippen molar-refractivity contribution in [2.24, 2.45) is 0 Å². The van der Waals surface area contributed by atoms with Gasteiger partial charge in [0.2, 0.25) is 0 Å². The number of aliphatic hydroxyl groups excluding tert-OH is 1. The predicted octanol–water partition coefficient (Wildman–Crippen LogP) is 4.68. The van der Waals surface area contributed by atoms with Gasteiger partial charge in [-0.05, 0) is 55.1 Å². The summed E-state index contributed by atoms with van der Waals surface area (Å²) >= 11 is 5.99. The van der Waals surface area contributed by atoms with E-state index in [9.17, 15) is 14.7 Å². The lowest BCUT2D eigenvalue weighted by Crippen LogP contribution is -2.38. The Balaban J connectivity index is 2.13. The lowest BCUT2D eigenvalue weighted by atomic mass is 9.95. The number of ether oxygens (including phenoxy) is 2. The van der Waals surface area contributed by atoms with Gasteiger partial charge < -0.3 is 24.4 Å². The fraction of sp³-hybridized carbons (Fsp3) is 0.333. The van der Waals surface area contributed by atoms with Crippen LogP contribution in [0.15, 0.2) is 60.7 Å². The average Bonchev–Trinajstić information content (AvgIpc) is 3.13. The van der Waals surface area contributed by atoms with Gasteiger partial charge in [0.05, 0.1) is 18.7 Å². The fourth-order valence-electron chi connectivity index (χ4n) is 4.13. The van der Waals surface area contributed by atoms with Crippen LogP contribution >= 0.6 is 11.6 Å². The Morgan fingerprint density at radius 1 is 1.14 bits per heavy atom. The van der Waals surface area contributed by atoms with E-state index in [-0.39, 0.29) is 11.3 Å². The summed E-state index contributed by atoms with van der Waals surface area (Å²) in [5.74, 6) is -0.669. The number of hydrogen-bond acceptors (Lipinski definition) is 6. The molecule has 2 aromatic carbocycles. The molecule has 3 rings (SSSR count). The molecule has 0 radical (unpaired) electrons. The largest absolute Gasteiger partial charge is 0.507 e. The summed E-state index contributed by atoms with van der Waals surface area (Å²) < 4.78 is 11.2. The lowest BCUT2D eigenvalue weighted by molar-refractivity contribution is -0.140. The molecule has 0 spiro atoms. The first-order valence-corrected chi connectivity index (χ1v) is 11.9. The number of carbonyl (C=O) groups is 2. The Hall–Kier alpha value is -3.29. The number of nitrogens with zero attached hydrogens (tertiary/aromatic N) is 2. The zero-order valence-electron chi connectivity index (χ0n) is 20.3. The second-order valence-electron chi connectivity index (χ2n) is 8.04. The first-order valence-electron chi connectivity index (χ1n) is 11.5. The normalized spacial score (nSPS) is 17.2. The third-order valence-corrected chi connectivity index (χ3v) is 6.32. The molecule has 1 heterocycles. The number of amides is 1. The minimum Gasteiger partial charge on any atom is -0.507 e. The van der Waals surface area contributed by atoms with E-state index >= 15 is 0 Å². The van der Waals surface area contributed by atoms with Crippen LogP contribution in [0.4, 0.5) is 0 Å². The maximum absolute atomic E-state index is 13.2. The van der Waals surface area contributed by atoms with Gasteiger partial charge in [-0.3, -0.25) is 9.59 Å². The van der Waals surface area contributed by atoms with Crippen molar-refractivity contribution in [2.75, 3.05) is 39.9 Å². The lowest BCUT2D eigenvalue weighted by Gasteiger charge is -2.28. The molecule has 1 N–H and O–H groups in total. The van der Waals surface area contributed by atoms with Crippen LogP contribution in [0.1, 0.15) is 31.0 Å². The van der Waals surface area contributed by atoms with Crippen LogP contribution in [0.2, 0.25) is 5.02 Å². The molecule has 0 saturated carbocycles. The van der Waals surface area contributed by atoms with Gasteiger partial charge >= 0.3 is 0 Å². The first kappa shape index (κ1) is 26.3. The molecule has 0 bridgehead atoms. The zero-order valence-corrected chi connectivity index (χ0v) is 21.0. The Labute approximate surface area is 211 Å².